The van der Waals surface area contributed by atoms with Gasteiger partial charge < -0.3 is 15.0 Å². The molecule has 0 bridgehead atoms. The molecule has 1 fully saturated rings. The zero-order valence-electron chi connectivity index (χ0n) is 14.7. The highest BCUT2D eigenvalue weighted by Gasteiger charge is 2.26. The number of hydrogen-bond acceptors (Lipinski definition) is 4. The van der Waals surface area contributed by atoms with Gasteiger partial charge >= 0.3 is 11.7 Å². The molecule has 0 saturated carbocycles. The summed E-state index contributed by atoms with van der Waals surface area (Å²) in [6.07, 6.45) is 2.32. The topological polar surface area (TPSA) is 96.4 Å². The van der Waals surface area contributed by atoms with E-state index in [1.54, 1.807) is 4.90 Å². The monoisotopic (exact) mass is 338 g/mol. The molecule has 1 aromatic rings. The largest absolute Gasteiger partial charge is 0.377 e. The molecule has 2 amide bonds. The third-order valence-electron chi connectivity index (χ3n) is 4.13. The number of nitrogens with one attached hydrogen (secondary N) is 2. The number of H-pyrrole nitrogens is 1. The van der Waals surface area contributed by atoms with Gasteiger partial charge in [-0.3, -0.25) is 14.3 Å². The fourth-order valence-corrected chi connectivity index (χ4v) is 2.67. The number of nitrogens with zero attached hydrogens (tertiary/aromatic N) is 2. The number of rotatable bonds is 3. The lowest BCUT2D eigenvalue weighted by Gasteiger charge is -2.35. The van der Waals surface area contributed by atoms with Gasteiger partial charge in [-0.05, 0) is 27.2 Å². The molecule has 1 unspecified atom stereocenters. The molecule has 8 heteroatoms. The lowest BCUT2D eigenvalue weighted by Crippen LogP contribution is -2.52. The minimum atomic E-state index is -0.477. The van der Waals surface area contributed by atoms with Gasteiger partial charge in [-0.15, -0.1) is 0 Å². The van der Waals surface area contributed by atoms with Gasteiger partial charge in [-0.2, -0.15) is 0 Å². The number of aromatic amines is 1. The molecule has 0 spiro atoms. The first-order valence-electron chi connectivity index (χ1n) is 8.21. The summed E-state index contributed by atoms with van der Waals surface area (Å²) < 4.78 is 6.84. The van der Waals surface area contributed by atoms with E-state index in [4.69, 9.17) is 4.74 Å². The maximum Gasteiger partial charge on any atom is 0.328 e. The van der Waals surface area contributed by atoms with Crippen LogP contribution >= 0.6 is 0 Å². The highest BCUT2D eigenvalue weighted by atomic mass is 16.5. The molecule has 8 nitrogen and oxygen atoms in total. The van der Waals surface area contributed by atoms with Crippen LogP contribution in [0.15, 0.2) is 15.8 Å². The Morgan fingerprint density at radius 3 is 2.75 bits per heavy atom. The van der Waals surface area contributed by atoms with Crippen molar-refractivity contribution in [3.05, 3.63) is 32.6 Å². The van der Waals surface area contributed by atoms with Crippen LogP contribution in [0.1, 0.15) is 39.7 Å². The molecule has 2 rings (SSSR count). The van der Waals surface area contributed by atoms with Crippen LogP contribution in [0.2, 0.25) is 0 Å². The Kier molecular flexibility index (Phi) is 5.48. The van der Waals surface area contributed by atoms with E-state index in [0.29, 0.717) is 25.3 Å². The standard InChI is InChI=1S/C16H26N4O4/c1-5-12-10-24-7-6-19(12)14(22)17-8-11-9-20(16(2,3)4)15(23)18-13(11)21/h9,12H,5-8,10H2,1-4H3,(H,17,22)(H,18,21,23). The van der Waals surface area contributed by atoms with Crippen LogP contribution in [-0.2, 0) is 16.8 Å². The first-order chi connectivity index (χ1) is 11.2. The Morgan fingerprint density at radius 2 is 2.12 bits per heavy atom. The van der Waals surface area contributed by atoms with Gasteiger partial charge in [0.05, 0.1) is 31.4 Å². The number of aromatic nitrogens is 2. The lowest BCUT2D eigenvalue weighted by molar-refractivity contribution is 0.0112. The average Bonchev–Trinajstić information content (AvgIpc) is 2.52. The van der Waals surface area contributed by atoms with E-state index in [1.807, 2.05) is 27.7 Å². The van der Waals surface area contributed by atoms with Crippen molar-refractivity contribution in [2.75, 3.05) is 19.8 Å². The van der Waals surface area contributed by atoms with E-state index < -0.39 is 16.8 Å². The Bertz CT molecular complexity index is 701. The minimum absolute atomic E-state index is 0.0422. The quantitative estimate of drug-likeness (QED) is 0.844. The summed E-state index contributed by atoms with van der Waals surface area (Å²) in [6, 6.07) is -0.182. The number of morpholine rings is 1. The van der Waals surface area contributed by atoms with Crippen molar-refractivity contribution in [2.24, 2.45) is 0 Å². The fourth-order valence-electron chi connectivity index (χ4n) is 2.67. The Hall–Kier alpha value is -2.09. The summed E-state index contributed by atoms with van der Waals surface area (Å²) in [5.41, 5.74) is -1.05. The molecular weight excluding hydrogens is 312 g/mol. The number of carbonyl (C=O) groups is 1. The van der Waals surface area contributed by atoms with Crippen LogP contribution in [0.25, 0.3) is 0 Å². The highest BCUT2D eigenvalue weighted by Crippen LogP contribution is 2.11. The van der Waals surface area contributed by atoms with E-state index in [-0.39, 0.29) is 18.6 Å². The van der Waals surface area contributed by atoms with Crippen LogP contribution < -0.4 is 16.6 Å². The van der Waals surface area contributed by atoms with Crippen LogP contribution in [0.3, 0.4) is 0 Å². The maximum atomic E-state index is 12.4. The highest BCUT2D eigenvalue weighted by molar-refractivity contribution is 5.74. The predicted molar refractivity (Wildman–Crippen MR) is 90.2 cm³/mol. The van der Waals surface area contributed by atoms with Crippen LogP contribution in [-0.4, -0.2) is 46.3 Å². The van der Waals surface area contributed by atoms with Gasteiger partial charge in [-0.1, -0.05) is 6.92 Å². The van der Waals surface area contributed by atoms with Gasteiger partial charge in [0, 0.05) is 18.3 Å². The first kappa shape index (κ1) is 18.3. The zero-order valence-corrected chi connectivity index (χ0v) is 14.7. The summed E-state index contributed by atoms with van der Waals surface area (Å²) in [5, 5.41) is 2.77. The van der Waals surface area contributed by atoms with E-state index in [9.17, 15) is 14.4 Å². The Balaban J connectivity index is 2.13. The van der Waals surface area contributed by atoms with Crippen molar-refractivity contribution in [2.45, 2.75) is 52.2 Å². The SMILES string of the molecule is CCC1COCCN1C(=O)NCc1cn(C(C)(C)C)c(=O)[nH]c1=O. The van der Waals surface area contributed by atoms with Crippen molar-refractivity contribution in [3.8, 4) is 0 Å². The number of ether oxygens (including phenoxy) is 1. The fraction of sp³-hybridized carbons (Fsp3) is 0.688. The summed E-state index contributed by atoms with van der Waals surface area (Å²) in [7, 11) is 0. The normalized spacial score (nSPS) is 18.5. The molecule has 0 aromatic carbocycles. The smallest absolute Gasteiger partial charge is 0.328 e. The summed E-state index contributed by atoms with van der Waals surface area (Å²) >= 11 is 0. The first-order valence-corrected chi connectivity index (χ1v) is 8.21. The molecule has 24 heavy (non-hydrogen) atoms. The van der Waals surface area contributed by atoms with E-state index in [0.717, 1.165) is 6.42 Å². The second kappa shape index (κ2) is 7.21. The van der Waals surface area contributed by atoms with Gasteiger partial charge in [0.1, 0.15) is 0 Å². The molecule has 134 valence electrons. The van der Waals surface area contributed by atoms with E-state index >= 15 is 0 Å². The maximum absolute atomic E-state index is 12.4. The van der Waals surface area contributed by atoms with Crippen LogP contribution in [0.5, 0.6) is 0 Å². The minimum Gasteiger partial charge on any atom is -0.377 e. The van der Waals surface area contributed by atoms with Crippen molar-refractivity contribution < 1.29 is 9.53 Å². The summed E-state index contributed by atoms with van der Waals surface area (Å²) in [4.78, 5) is 40.3. The van der Waals surface area contributed by atoms with Crippen molar-refractivity contribution in [1.29, 1.82) is 0 Å². The number of carbonyl (C=O) groups excluding carboxylic acids is 1. The average molecular weight is 338 g/mol. The third kappa shape index (κ3) is 4.05. The molecule has 1 aromatic heterocycles. The summed E-state index contributed by atoms with van der Waals surface area (Å²) in [6.45, 7) is 9.25. The number of urea groups is 1. The molecule has 1 aliphatic heterocycles. The molecule has 2 N–H and O–H groups in total. The number of amides is 2. The molecule has 2 heterocycles. The summed E-state index contributed by atoms with van der Waals surface area (Å²) in [5.74, 6) is 0. The predicted octanol–water partition coefficient (Wildman–Crippen LogP) is 0.612. The number of hydrogen-bond donors (Lipinski definition) is 2. The second-order valence-electron chi connectivity index (χ2n) is 6.94. The van der Waals surface area contributed by atoms with Gasteiger partial charge in [-0.25, -0.2) is 9.59 Å². The molecule has 1 aliphatic rings. The van der Waals surface area contributed by atoms with Gasteiger partial charge in [0.25, 0.3) is 5.56 Å². The molecule has 1 atom stereocenters. The van der Waals surface area contributed by atoms with Gasteiger partial charge in [0.15, 0.2) is 0 Å². The van der Waals surface area contributed by atoms with E-state index in [2.05, 4.69) is 10.3 Å². The van der Waals surface area contributed by atoms with Gasteiger partial charge in [0.2, 0.25) is 0 Å². The van der Waals surface area contributed by atoms with Crippen molar-refractivity contribution >= 4 is 6.03 Å². The Morgan fingerprint density at radius 1 is 1.42 bits per heavy atom. The van der Waals surface area contributed by atoms with Crippen molar-refractivity contribution in [1.82, 2.24) is 19.8 Å². The molecule has 1 saturated heterocycles. The molecular formula is C16H26N4O4. The lowest BCUT2D eigenvalue weighted by atomic mass is 10.1. The Labute approximate surface area is 140 Å². The van der Waals surface area contributed by atoms with Crippen molar-refractivity contribution in [3.63, 3.8) is 0 Å². The third-order valence-corrected chi connectivity index (χ3v) is 4.13. The van der Waals surface area contributed by atoms with E-state index in [1.165, 1.54) is 10.8 Å². The molecule has 0 aliphatic carbocycles. The zero-order chi connectivity index (χ0) is 17.9. The van der Waals surface area contributed by atoms with Crippen LogP contribution in [0, 0.1) is 0 Å². The van der Waals surface area contributed by atoms with Crippen LogP contribution in [0.4, 0.5) is 4.79 Å². The second-order valence-corrected chi connectivity index (χ2v) is 6.94. The molecule has 0 radical (unpaired) electrons.